The van der Waals surface area contributed by atoms with Crippen molar-refractivity contribution in [3.05, 3.63) is 23.4 Å². The van der Waals surface area contributed by atoms with Gasteiger partial charge in [0.05, 0.1) is 0 Å². The van der Waals surface area contributed by atoms with Crippen LogP contribution in [0.5, 0.6) is 0 Å². The van der Waals surface area contributed by atoms with Gasteiger partial charge in [-0.25, -0.2) is 4.98 Å². The van der Waals surface area contributed by atoms with Crippen LogP contribution in [-0.2, 0) is 6.54 Å². The van der Waals surface area contributed by atoms with E-state index in [2.05, 4.69) is 40.8 Å². The molecule has 2 heterocycles. The first-order valence-electron chi connectivity index (χ1n) is 6.77. The van der Waals surface area contributed by atoms with E-state index < -0.39 is 0 Å². The lowest BCUT2D eigenvalue weighted by atomic mass is 10.2. The Labute approximate surface area is 110 Å². The van der Waals surface area contributed by atoms with Gasteiger partial charge >= 0.3 is 0 Å². The number of aromatic nitrogens is 1. The molecule has 1 fully saturated rings. The molecule has 0 saturated carbocycles. The number of rotatable bonds is 3. The van der Waals surface area contributed by atoms with Gasteiger partial charge in [-0.2, -0.15) is 0 Å². The Morgan fingerprint density at radius 2 is 1.89 bits per heavy atom. The largest absolute Gasteiger partial charge is 0.354 e. The van der Waals surface area contributed by atoms with Crippen LogP contribution in [0.2, 0.25) is 0 Å². The predicted molar refractivity (Wildman–Crippen MR) is 75.8 cm³/mol. The number of pyridine rings is 1. The molecule has 1 aromatic rings. The Balaban J connectivity index is 2.07. The normalized spacial score (nSPS) is 17.5. The van der Waals surface area contributed by atoms with Crippen molar-refractivity contribution in [3.63, 3.8) is 0 Å². The summed E-state index contributed by atoms with van der Waals surface area (Å²) in [6, 6.07) is 4.82. The minimum Gasteiger partial charge on any atom is -0.354 e. The van der Waals surface area contributed by atoms with Crippen LogP contribution in [-0.4, -0.2) is 42.1 Å². The van der Waals surface area contributed by atoms with Gasteiger partial charge in [-0.05, 0) is 38.5 Å². The zero-order valence-corrected chi connectivity index (χ0v) is 11.7. The average molecular weight is 248 g/mol. The fourth-order valence-electron chi connectivity index (χ4n) is 2.47. The topological polar surface area (TPSA) is 45.4 Å². The number of piperazine rings is 1. The second kappa shape index (κ2) is 5.67. The van der Waals surface area contributed by atoms with Gasteiger partial charge in [0.15, 0.2) is 0 Å². The van der Waals surface area contributed by atoms with Gasteiger partial charge in [-0.15, -0.1) is 0 Å². The van der Waals surface area contributed by atoms with Crippen LogP contribution in [0.25, 0.3) is 0 Å². The average Bonchev–Trinajstić information content (AvgIpc) is 2.38. The van der Waals surface area contributed by atoms with E-state index in [0.717, 1.165) is 37.7 Å². The fourth-order valence-corrected chi connectivity index (χ4v) is 2.47. The number of hydrogen-bond acceptors (Lipinski definition) is 4. The van der Waals surface area contributed by atoms with Crippen molar-refractivity contribution in [3.8, 4) is 0 Å². The van der Waals surface area contributed by atoms with Crippen LogP contribution in [0.15, 0.2) is 12.1 Å². The molecular weight excluding hydrogens is 224 g/mol. The van der Waals surface area contributed by atoms with E-state index in [-0.39, 0.29) is 0 Å². The van der Waals surface area contributed by atoms with Crippen LogP contribution in [0.1, 0.15) is 25.1 Å². The Bertz CT molecular complexity index is 395. The highest BCUT2D eigenvalue weighted by atomic mass is 15.3. The molecule has 1 aliphatic rings. The summed E-state index contributed by atoms with van der Waals surface area (Å²) in [4.78, 5) is 9.50. The van der Waals surface area contributed by atoms with Crippen molar-refractivity contribution in [1.29, 1.82) is 0 Å². The molecule has 1 aromatic heterocycles. The van der Waals surface area contributed by atoms with E-state index in [4.69, 9.17) is 5.73 Å². The standard InChI is InChI=1S/C14H24N4/c1-11(2)17-4-6-18(7-5-17)14-9-13(10-15)8-12(3)16-14/h8-9,11H,4-7,10,15H2,1-3H3. The smallest absolute Gasteiger partial charge is 0.129 e. The third-order valence-electron chi connectivity index (χ3n) is 3.60. The van der Waals surface area contributed by atoms with Gasteiger partial charge in [0, 0.05) is 44.5 Å². The lowest BCUT2D eigenvalue weighted by molar-refractivity contribution is 0.209. The second-order valence-electron chi connectivity index (χ2n) is 5.30. The third-order valence-corrected chi connectivity index (χ3v) is 3.60. The maximum Gasteiger partial charge on any atom is 0.129 e. The molecule has 0 aromatic carbocycles. The maximum atomic E-state index is 5.72. The predicted octanol–water partition coefficient (Wildman–Crippen LogP) is 1.38. The summed E-state index contributed by atoms with van der Waals surface area (Å²) in [5.41, 5.74) is 7.95. The fraction of sp³-hybridized carbons (Fsp3) is 0.643. The lowest BCUT2D eigenvalue weighted by Crippen LogP contribution is -2.49. The summed E-state index contributed by atoms with van der Waals surface area (Å²) in [7, 11) is 0. The molecule has 18 heavy (non-hydrogen) atoms. The van der Waals surface area contributed by atoms with Crippen molar-refractivity contribution in [2.75, 3.05) is 31.1 Å². The molecule has 0 aliphatic carbocycles. The molecule has 4 nitrogen and oxygen atoms in total. The number of nitrogens with two attached hydrogens (primary N) is 1. The van der Waals surface area contributed by atoms with E-state index >= 15 is 0 Å². The van der Waals surface area contributed by atoms with Crippen molar-refractivity contribution >= 4 is 5.82 Å². The summed E-state index contributed by atoms with van der Waals surface area (Å²) in [6.07, 6.45) is 0. The third kappa shape index (κ3) is 3.00. The van der Waals surface area contributed by atoms with Crippen molar-refractivity contribution in [2.24, 2.45) is 5.73 Å². The maximum absolute atomic E-state index is 5.72. The van der Waals surface area contributed by atoms with E-state index in [1.807, 2.05) is 6.92 Å². The first kappa shape index (κ1) is 13.3. The Morgan fingerprint density at radius 3 is 2.44 bits per heavy atom. The Morgan fingerprint density at radius 1 is 1.22 bits per heavy atom. The first-order valence-corrected chi connectivity index (χ1v) is 6.77. The van der Waals surface area contributed by atoms with Crippen LogP contribution in [0.3, 0.4) is 0 Å². The molecule has 0 unspecified atom stereocenters. The van der Waals surface area contributed by atoms with Crippen molar-refractivity contribution in [2.45, 2.75) is 33.4 Å². The molecule has 0 bridgehead atoms. The van der Waals surface area contributed by atoms with Gasteiger partial charge in [-0.1, -0.05) is 0 Å². The van der Waals surface area contributed by atoms with Crippen LogP contribution in [0.4, 0.5) is 5.82 Å². The summed E-state index contributed by atoms with van der Waals surface area (Å²) in [5, 5.41) is 0. The highest BCUT2D eigenvalue weighted by molar-refractivity contribution is 5.43. The van der Waals surface area contributed by atoms with Crippen molar-refractivity contribution < 1.29 is 0 Å². The molecule has 0 spiro atoms. The van der Waals surface area contributed by atoms with Crippen molar-refractivity contribution in [1.82, 2.24) is 9.88 Å². The Kier molecular flexibility index (Phi) is 4.19. The van der Waals surface area contributed by atoms with Gasteiger partial charge < -0.3 is 10.6 Å². The number of aryl methyl sites for hydroxylation is 1. The molecule has 2 rings (SSSR count). The van der Waals surface area contributed by atoms with E-state index in [1.165, 1.54) is 5.56 Å². The molecular formula is C14H24N4. The molecule has 0 amide bonds. The summed E-state index contributed by atoms with van der Waals surface area (Å²) < 4.78 is 0. The van der Waals surface area contributed by atoms with Crippen LogP contribution in [0, 0.1) is 6.92 Å². The number of anilines is 1. The minimum atomic E-state index is 0.586. The number of nitrogens with zero attached hydrogens (tertiary/aromatic N) is 3. The zero-order valence-electron chi connectivity index (χ0n) is 11.7. The molecule has 1 aliphatic heterocycles. The molecule has 4 heteroatoms. The molecule has 0 atom stereocenters. The monoisotopic (exact) mass is 248 g/mol. The quantitative estimate of drug-likeness (QED) is 0.878. The highest BCUT2D eigenvalue weighted by Crippen LogP contribution is 2.17. The summed E-state index contributed by atoms with van der Waals surface area (Å²) in [6.45, 7) is 11.5. The van der Waals surface area contributed by atoms with Crippen LogP contribution >= 0.6 is 0 Å². The second-order valence-corrected chi connectivity index (χ2v) is 5.30. The van der Waals surface area contributed by atoms with E-state index in [1.54, 1.807) is 0 Å². The van der Waals surface area contributed by atoms with Gasteiger partial charge in [0.2, 0.25) is 0 Å². The molecule has 2 N–H and O–H groups in total. The molecule has 100 valence electrons. The van der Waals surface area contributed by atoms with Crippen LogP contribution < -0.4 is 10.6 Å². The summed E-state index contributed by atoms with van der Waals surface area (Å²) in [5.74, 6) is 1.08. The van der Waals surface area contributed by atoms with Gasteiger partial charge in [-0.3, -0.25) is 4.90 Å². The van der Waals surface area contributed by atoms with E-state index in [0.29, 0.717) is 12.6 Å². The number of hydrogen-bond donors (Lipinski definition) is 1. The highest BCUT2D eigenvalue weighted by Gasteiger charge is 2.19. The first-order chi connectivity index (χ1) is 8.60. The summed E-state index contributed by atoms with van der Waals surface area (Å²) >= 11 is 0. The van der Waals surface area contributed by atoms with Gasteiger partial charge in [0.1, 0.15) is 5.82 Å². The zero-order chi connectivity index (χ0) is 13.1. The van der Waals surface area contributed by atoms with E-state index in [9.17, 15) is 0 Å². The SMILES string of the molecule is Cc1cc(CN)cc(N2CCN(C(C)C)CC2)n1. The lowest BCUT2D eigenvalue weighted by Gasteiger charge is -2.37. The molecule has 0 radical (unpaired) electrons. The Hall–Kier alpha value is -1.13. The minimum absolute atomic E-state index is 0.586. The molecule has 1 saturated heterocycles. The van der Waals surface area contributed by atoms with Gasteiger partial charge in [0.25, 0.3) is 0 Å².